The summed E-state index contributed by atoms with van der Waals surface area (Å²) in [5, 5.41) is 6.85. The van der Waals surface area contributed by atoms with Gasteiger partial charge in [-0.3, -0.25) is 0 Å². The zero-order valence-electron chi connectivity index (χ0n) is 20.9. The van der Waals surface area contributed by atoms with Crippen LogP contribution in [0.2, 0.25) is 0 Å². The fourth-order valence-electron chi connectivity index (χ4n) is 4.68. The molecule has 8 nitrogen and oxygen atoms in total. The van der Waals surface area contributed by atoms with Crippen molar-refractivity contribution >= 4 is 21.6 Å². The molecule has 0 radical (unpaired) electrons. The summed E-state index contributed by atoms with van der Waals surface area (Å²) >= 11 is 0. The van der Waals surface area contributed by atoms with Gasteiger partial charge in [-0.2, -0.15) is 0 Å². The number of alkyl halides is 4. The van der Waals surface area contributed by atoms with Crippen molar-refractivity contribution in [2.45, 2.75) is 47.6 Å². The standard InChI is InChI=1S/2C12H9F4N3OS/c2*13-5-21(20)12-17-11-8(15)4-9(19(11)18-12)6-2-1-3-7(14)10(6)16/h2*1-3,8-9H,4-5H2/t8-,9-,21+;8-,9-,21-/m00/s1. The van der Waals surface area contributed by atoms with Crippen LogP contribution in [0.1, 0.15) is 60.0 Å². The third kappa shape index (κ3) is 5.36. The molecule has 0 bridgehead atoms. The fraction of sp³-hybridized carbons (Fsp3) is 0.333. The van der Waals surface area contributed by atoms with Crippen LogP contribution in [0, 0.1) is 23.3 Å². The van der Waals surface area contributed by atoms with E-state index in [0.717, 1.165) is 21.5 Å². The lowest BCUT2D eigenvalue weighted by Gasteiger charge is -2.12. The normalized spacial score (nSPS) is 22.3. The van der Waals surface area contributed by atoms with Gasteiger partial charge in [0.2, 0.25) is 10.3 Å². The number of fused-ring (bicyclic) bond motifs is 2. The fourth-order valence-corrected chi connectivity index (χ4v) is 5.63. The van der Waals surface area contributed by atoms with Crippen LogP contribution in [0.5, 0.6) is 0 Å². The van der Waals surface area contributed by atoms with E-state index in [-0.39, 0.29) is 45.9 Å². The molecule has 2 aliphatic heterocycles. The van der Waals surface area contributed by atoms with Crippen LogP contribution in [0.4, 0.5) is 35.1 Å². The molecule has 0 N–H and O–H groups in total. The van der Waals surface area contributed by atoms with E-state index in [9.17, 15) is 43.5 Å². The van der Waals surface area contributed by atoms with Crippen LogP contribution in [0.3, 0.4) is 0 Å². The van der Waals surface area contributed by atoms with Gasteiger partial charge in [-0.15, -0.1) is 10.2 Å². The van der Waals surface area contributed by atoms with Gasteiger partial charge in [-0.05, 0) is 12.1 Å². The van der Waals surface area contributed by atoms with Crippen LogP contribution in [0.25, 0.3) is 0 Å². The van der Waals surface area contributed by atoms with E-state index in [0.29, 0.717) is 0 Å². The Hall–Kier alpha value is -3.54. The zero-order valence-corrected chi connectivity index (χ0v) is 22.6. The number of hydrogen-bond acceptors (Lipinski definition) is 6. The average Bonchev–Trinajstić information content (AvgIpc) is 3.74. The Morgan fingerprint density at radius 3 is 1.43 bits per heavy atom. The Labute approximate surface area is 236 Å². The number of benzene rings is 2. The highest BCUT2D eigenvalue weighted by molar-refractivity contribution is 7.84. The molecule has 2 aromatic carbocycles. The first-order valence-electron chi connectivity index (χ1n) is 12.0. The van der Waals surface area contributed by atoms with E-state index in [1.807, 2.05) is 0 Å². The van der Waals surface area contributed by atoms with Crippen LogP contribution >= 0.6 is 0 Å². The predicted octanol–water partition coefficient (Wildman–Crippen LogP) is 5.19. The molecule has 18 heteroatoms. The first-order chi connectivity index (χ1) is 20.0. The van der Waals surface area contributed by atoms with Crippen LogP contribution in [0.15, 0.2) is 46.7 Å². The summed E-state index contributed by atoms with van der Waals surface area (Å²) in [5.74, 6) is -4.59. The highest BCUT2D eigenvalue weighted by atomic mass is 32.2. The molecule has 42 heavy (non-hydrogen) atoms. The maximum Gasteiger partial charge on any atom is 0.241 e. The molecule has 224 valence electrons. The Morgan fingerprint density at radius 1 is 0.690 bits per heavy atom. The van der Waals surface area contributed by atoms with Crippen molar-refractivity contribution in [2.24, 2.45) is 0 Å². The minimum absolute atomic E-state index is 0.0705. The molecule has 0 amide bonds. The summed E-state index contributed by atoms with van der Waals surface area (Å²) in [6.45, 7) is 0. The highest BCUT2D eigenvalue weighted by Gasteiger charge is 2.39. The number of rotatable bonds is 6. The Kier molecular flexibility index (Phi) is 8.54. The van der Waals surface area contributed by atoms with Gasteiger partial charge >= 0.3 is 0 Å². The van der Waals surface area contributed by atoms with Gasteiger partial charge in [-0.1, -0.05) is 24.3 Å². The second-order valence-electron chi connectivity index (χ2n) is 9.03. The van der Waals surface area contributed by atoms with Gasteiger partial charge in [0, 0.05) is 24.0 Å². The van der Waals surface area contributed by atoms with Gasteiger partial charge < -0.3 is 0 Å². The summed E-state index contributed by atoms with van der Waals surface area (Å²) in [5.41, 5.74) is -0.141. The molecular formula is C24H18F8N6O2S2. The van der Waals surface area contributed by atoms with Gasteiger partial charge in [0.25, 0.3) is 0 Å². The minimum atomic E-state index is -2.09. The molecule has 0 unspecified atom stereocenters. The van der Waals surface area contributed by atoms with Crippen LogP contribution in [-0.4, -0.2) is 50.0 Å². The van der Waals surface area contributed by atoms with Crippen molar-refractivity contribution in [2.75, 3.05) is 12.0 Å². The number of hydrogen-bond donors (Lipinski definition) is 0. The molecule has 2 aromatic heterocycles. The molecule has 0 saturated carbocycles. The molecule has 4 heterocycles. The van der Waals surface area contributed by atoms with E-state index < -0.39 is 81.3 Å². The van der Waals surface area contributed by atoms with Crippen molar-refractivity contribution < 1.29 is 43.5 Å². The zero-order chi connectivity index (χ0) is 30.3. The topological polar surface area (TPSA) is 95.6 Å². The van der Waals surface area contributed by atoms with Crippen molar-refractivity contribution in [1.29, 1.82) is 0 Å². The maximum atomic E-state index is 13.9. The lowest BCUT2D eigenvalue weighted by atomic mass is 10.0. The largest absolute Gasteiger partial charge is 0.248 e. The third-order valence-electron chi connectivity index (χ3n) is 6.57. The van der Waals surface area contributed by atoms with E-state index in [4.69, 9.17) is 0 Å². The van der Waals surface area contributed by atoms with Crippen molar-refractivity contribution in [1.82, 2.24) is 29.5 Å². The SMILES string of the molecule is O=[S@@](CF)c1nc2n(n1)[C@H](c1cccc(F)c1F)C[C@@H]2F.O=[S@](CF)c1nc2n(n1)[C@H](c1cccc(F)c1F)C[C@@H]2F. The molecule has 0 aliphatic carbocycles. The first kappa shape index (κ1) is 29.9. The van der Waals surface area contributed by atoms with E-state index in [1.165, 1.54) is 24.3 Å². The predicted molar refractivity (Wildman–Crippen MR) is 131 cm³/mol. The Bertz CT molecular complexity index is 1560. The number of aromatic nitrogens is 6. The van der Waals surface area contributed by atoms with Gasteiger partial charge in [0.1, 0.15) is 21.6 Å². The minimum Gasteiger partial charge on any atom is -0.248 e. The van der Waals surface area contributed by atoms with E-state index in [2.05, 4.69) is 20.2 Å². The maximum absolute atomic E-state index is 13.9. The summed E-state index contributed by atoms with van der Waals surface area (Å²) in [7, 11) is -4.18. The molecule has 0 spiro atoms. The monoisotopic (exact) mass is 638 g/mol. The van der Waals surface area contributed by atoms with Gasteiger partial charge in [0.05, 0.1) is 12.1 Å². The smallest absolute Gasteiger partial charge is 0.241 e. The Balaban J connectivity index is 0.000000168. The number of halogens is 8. The second kappa shape index (κ2) is 12.0. The molecule has 4 aromatic rings. The molecule has 6 atom stereocenters. The summed E-state index contributed by atoms with van der Waals surface area (Å²) in [6, 6.07) is 2.95. The van der Waals surface area contributed by atoms with Gasteiger partial charge in [0.15, 0.2) is 59.3 Å². The molecular weight excluding hydrogens is 620 g/mol. The first-order valence-corrected chi connectivity index (χ1v) is 14.7. The van der Waals surface area contributed by atoms with Crippen LogP contribution in [-0.2, 0) is 21.6 Å². The second-order valence-corrected chi connectivity index (χ2v) is 11.6. The Morgan fingerprint density at radius 2 is 1.07 bits per heavy atom. The van der Waals surface area contributed by atoms with E-state index in [1.54, 1.807) is 0 Å². The molecule has 6 rings (SSSR count). The van der Waals surface area contributed by atoms with Gasteiger partial charge in [-0.25, -0.2) is 62.9 Å². The van der Waals surface area contributed by atoms with Crippen molar-refractivity contribution in [3.8, 4) is 0 Å². The highest BCUT2D eigenvalue weighted by Crippen LogP contribution is 2.41. The quantitative estimate of drug-likeness (QED) is 0.270. The van der Waals surface area contributed by atoms with Crippen molar-refractivity contribution in [3.63, 3.8) is 0 Å². The van der Waals surface area contributed by atoms with E-state index >= 15 is 0 Å². The lowest BCUT2D eigenvalue weighted by molar-refractivity contribution is 0.324. The van der Waals surface area contributed by atoms with Crippen LogP contribution < -0.4 is 0 Å². The summed E-state index contributed by atoms with van der Waals surface area (Å²) < 4.78 is 132. The summed E-state index contributed by atoms with van der Waals surface area (Å²) in [4.78, 5) is 7.38. The molecule has 2 aliphatic rings. The van der Waals surface area contributed by atoms with Crippen molar-refractivity contribution in [3.05, 3.63) is 82.4 Å². The lowest BCUT2D eigenvalue weighted by Crippen LogP contribution is -2.11. The third-order valence-corrected chi connectivity index (χ3v) is 8.13. The number of nitrogens with zero attached hydrogens (tertiary/aromatic N) is 6. The average molecular weight is 639 g/mol. The molecule has 0 saturated heterocycles. The molecule has 0 fully saturated rings. The summed E-state index contributed by atoms with van der Waals surface area (Å²) in [6.07, 6.45) is -3.43.